The van der Waals surface area contributed by atoms with Crippen LogP contribution in [0.25, 0.3) is 0 Å². The van der Waals surface area contributed by atoms with E-state index in [1.54, 1.807) is 0 Å². The highest BCUT2D eigenvalue weighted by Gasteiger charge is 2.12. The van der Waals surface area contributed by atoms with Crippen molar-refractivity contribution in [3.8, 4) is 0 Å². The summed E-state index contributed by atoms with van der Waals surface area (Å²) in [7, 11) is 1.81. The van der Waals surface area contributed by atoms with Crippen molar-refractivity contribution in [2.75, 3.05) is 19.0 Å². The summed E-state index contributed by atoms with van der Waals surface area (Å²) in [6, 6.07) is 0. The molecule has 3 nitrogen and oxygen atoms in total. The van der Waals surface area contributed by atoms with Crippen LogP contribution in [-0.4, -0.2) is 27.4 Å². The summed E-state index contributed by atoms with van der Waals surface area (Å²) in [5.41, 5.74) is 0. The Hall–Kier alpha value is 0.200. The molecule has 0 N–H and O–H groups in total. The van der Waals surface area contributed by atoms with Gasteiger partial charge in [-0.05, 0) is 31.6 Å². The van der Waals surface area contributed by atoms with Crippen LogP contribution in [0.2, 0.25) is 0 Å². The van der Waals surface area contributed by atoms with Crippen molar-refractivity contribution < 1.29 is 13.2 Å². The highest BCUT2D eigenvalue weighted by molar-refractivity contribution is 8.13. The van der Waals surface area contributed by atoms with Gasteiger partial charge in [0.2, 0.25) is 9.05 Å². The lowest BCUT2D eigenvalue weighted by atomic mass is 9.90. The largest absolute Gasteiger partial charge is 0.381 e. The van der Waals surface area contributed by atoms with E-state index in [-0.39, 0.29) is 5.75 Å². The van der Waals surface area contributed by atoms with Crippen molar-refractivity contribution >= 4 is 19.7 Å². The van der Waals surface area contributed by atoms with E-state index in [1.807, 2.05) is 0 Å². The molecule has 1 fully saturated rings. The van der Waals surface area contributed by atoms with Crippen molar-refractivity contribution in [1.29, 1.82) is 0 Å². The standard InChI is InChI=1S/C12H23ClO3S/c13-17(14,15)10-6-2-5-9-16-11-12-7-3-1-4-8-12/h12H,1-11H2. The van der Waals surface area contributed by atoms with Gasteiger partial charge in [-0.25, -0.2) is 8.42 Å². The van der Waals surface area contributed by atoms with E-state index in [0.717, 1.165) is 32.0 Å². The van der Waals surface area contributed by atoms with Crippen LogP contribution in [0.3, 0.4) is 0 Å². The summed E-state index contributed by atoms with van der Waals surface area (Å²) in [5.74, 6) is 0.837. The predicted octanol–water partition coefficient (Wildman–Crippen LogP) is 3.32. The molecule has 17 heavy (non-hydrogen) atoms. The SMILES string of the molecule is O=S(=O)(Cl)CCCCCOCC1CCCCC1. The van der Waals surface area contributed by atoms with E-state index < -0.39 is 9.05 Å². The average molecular weight is 283 g/mol. The van der Waals surface area contributed by atoms with Crippen LogP contribution in [-0.2, 0) is 13.8 Å². The monoisotopic (exact) mass is 282 g/mol. The first-order chi connectivity index (χ1) is 8.08. The fourth-order valence-corrected chi connectivity index (χ4v) is 3.14. The molecule has 1 rings (SSSR count). The highest BCUT2D eigenvalue weighted by atomic mass is 35.7. The lowest BCUT2D eigenvalue weighted by molar-refractivity contribution is 0.0827. The molecule has 1 aliphatic carbocycles. The maximum atomic E-state index is 10.7. The van der Waals surface area contributed by atoms with Crippen molar-refractivity contribution in [1.82, 2.24) is 0 Å². The lowest BCUT2D eigenvalue weighted by Gasteiger charge is -2.21. The number of halogens is 1. The Labute approximate surface area is 109 Å². The Morgan fingerprint density at radius 1 is 1.06 bits per heavy atom. The van der Waals surface area contributed by atoms with Crippen LogP contribution in [0.5, 0.6) is 0 Å². The minimum atomic E-state index is -3.30. The zero-order chi connectivity index (χ0) is 12.6. The topological polar surface area (TPSA) is 43.4 Å². The molecule has 0 bridgehead atoms. The van der Waals surface area contributed by atoms with Crippen molar-refractivity contribution in [2.24, 2.45) is 5.92 Å². The van der Waals surface area contributed by atoms with Crippen molar-refractivity contribution in [3.05, 3.63) is 0 Å². The first kappa shape index (κ1) is 15.3. The summed E-state index contributed by atoms with van der Waals surface area (Å²) in [5, 5.41) is 0. The summed E-state index contributed by atoms with van der Waals surface area (Å²) in [6.07, 6.45) is 9.13. The molecule has 0 aromatic carbocycles. The minimum absolute atomic E-state index is 0.0805. The van der Waals surface area contributed by atoms with Crippen LogP contribution >= 0.6 is 10.7 Å². The molecular formula is C12H23ClO3S. The zero-order valence-electron chi connectivity index (χ0n) is 10.4. The number of rotatable bonds is 8. The molecular weight excluding hydrogens is 260 g/mol. The molecule has 0 aromatic rings. The molecule has 0 saturated heterocycles. The maximum Gasteiger partial charge on any atom is 0.232 e. The second-order valence-electron chi connectivity index (χ2n) is 4.88. The van der Waals surface area contributed by atoms with E-state index >= 15 is 0 Å². The van der Waals surface area contributed by atoms with Crippen LogP contribution in [0.15, 0.2) is 0 Å². The normalized spacial score (nSPS) is 18.4. The molecule has 0 heterocycles. The van der Waals surface area contributed by atoms with Gasteiger partial charge in [-0.2, -0.15) is 0 Å². The van der Waals surface area contributed by atoms with Crippen molar-refractivity contribution in [3.63, 3.8) is 0 Å². The molecule has 0 unspecified atom stereocenters. The molecule has 0 atom stereocenters. The zero-order valence-corrected chi connectivity index (χ0v) is 11.9. The minimum Gasteiger partial charge on any atom is -0.381 e. The van der Waals surface area contributed by atoms with Crippen LogP contribution in [0, 0.1) is 5.92 Å². The van der Waals surface area contributed by atoms with Gasteiger partial charge < -0.3 is 4.74 Å². The van der Waals surface area contributed by atoms with Gasteiger partial charge in [0.05, 0.1) is 5.75 Å². The van der Waals surface area contributed by atoms with E-state index in [4.69, 9.17) is 15.4 Å². The fraction of sp³-hybridized carbons (Fsp3) is 1.00. The van der Waals surface area contributed by atoms with E-state index in [0.29, 0.717) is 6.42 Å². The Morgan fingerprint density at radius 3 is 2.41 bits per heavy atom. The molecule has 102 valence electrons. The molecule has 0 amide bonds. The molecule has 1 aliphatic rings. The third kappa shape index (κ3) is 8.86. The second kappa shape index (κ2) is 8.33. The molecule has 0 spiro atoms. The lowest BCUT2D eigenvalue weighted by Crippen LogP contribution is -2.13. The first-order valence-electron chi connectivity index (χ1n) is 6.58. The second-order valence-corrected chi connectivity index (χ2v) is 7.78. The quantitative estimate of drug-likeness (QED) is 0.507. The Balaban J connectivity index is 1.87. The van der Waals surface area contributed by atoms with Gasteiger partial charge in [0.15, 0.2) is 0 Å². The molecule has 0 aromatic heterocycles. The first-order valence-corrected chi connectivity index (χ1v) is 9.06. The van der Waals surface area contributed by atoms with Crippen LogP contribution in [0.1, 0.15) is 51.4 Å². The van der Waals surface area contributed by atoms with Gasteiger partial charge >= 0.3 is 0 Å². The maximum absolute atomic E-state index is 10.7. The van der Waals surface area contributed by atoms with E-state index in [2.05, 4.69) is 0 Å². The predicted molar refractivity (Wildman–Crippen MR) is 70.9 cm³/mol. The number of hydrogen-bond acceptors (Lipinski definition) is 3. The number of hydrogen-bond donors (Lipinski definition) is 0. The van der Waals surface area contributed by atoms with Crippen LogP contribution < -0.4 is 0 Å². The third-order valence-corrected chi connectivity index (χ3v) is 4.49. The number of ether oxygens (including phenoxy) is 1. The van der Waals surface area contributed by atoms with Crippen LogP contribution in [0.4, 0.5) is 0 Å². The highest BCUT2D eigenvalue weighted by Crippen LogP contribution is 2.23. The summed E-state index contributed by atoms with van der Waals surface area (Å²) >= 11 is 0. The molecule has 5 heteroatoms. The van der Waals surface area contributed by atoms with Crippen molar-refractivity contribution in [2.45, 2.75) is 51.4 Å². The smallest absolute Gasteiger partial charge is 0.232 e. The van der Waals surface area contributed by atoms with Gasteiger partial charge in [-0.3, -0.25) is 0 Å². The Morgan fingerprint density at radius 2 is 1.76 bits per heavy atom. The molecule has 1 saturated carbocycles. The van der Waals surface area contributed by atoms with Gasteiger partial charge in [0.25, 0.3) is 0 Å². The van der Waals surface area contributed by atoms with E-state index in [9.17, 15) is 8.42 Å². The third-order valence-electron chi connectivity index (χ3n) is 3.26. The summed E-state index contributed by atoms with van der Waals surface area (Å²) in [6.45, 7) is 1.63. The molecule has 0 radical (unpaired) electrons. The number of unbranched alkanes of at least 4 members (excludes halogenated alkanes) is 2. The fourth-order valence-electron chi connectivity index (χ4n) is 2.26. The van der Waals surface area contributed by atoms with Gasteiger partial charge in [0.1, 0.15) is 0 Å². The average Bonchev–Trinajstić information content (AvgIpc) is 2.28. The Bertz CT molecular complexity index is 284. The van der Waals surface area contributed by atoms with E-state index in [1.165, 1.54) is 32.1 Å². The van der Waals surface area contributed by atoms with Gasteiger partial charge in [0, 0.05) is 23.9 Å². The van der Waals surface area contributed by atoms with Gasteiger partial charge in [-0.15, -0.1) is 0 Å². The molecule has 0 aliphatic heterocycles. The summed E-state index contributed by atoms with van der Waals surface area (Å²) in [4.78, 5) is 0. The Kier molecular flexibility index (Phi) is 7.47. The van der Waals surface area contributed by atoms with Gasteiger partial charge in [-0.1, -0.05) is 25.7 Å². The summed E-state index contributed by atoms with van der Waals surface area (Å²) < 4.78 is 26.9.